The number of ether oxygens (including phenoxy) is 1. The van der Waals surface area contributed by atoms with Gasteiger partial charge in [0.1, 0.15) is 6.04 Å². The summed E-state index contributed by atoms with van der Waals surface area (Å²) in [6.07, 6.45) is 1.66. The van der Waals surface area contributed by atoms with Gasteiger partial charge in [0.2, 0.25) is 5.91 Å². The van der Waals surface area contributed by atoms with E-state index in [2.05, 4.69) is 24.5 Å². The summed E-state index contributed by atoms with van der Waals surface area (Å²) >= 11 is 0. The highest BCUT2D eigenvalue weighted by molar-refractivity contribution is 5.81. The molecule has 3 N–H and O–H groups in total. The normalized spacial score (nSPS) is 20.6. The van der Waals surface area contributed by atoms with Crippen LogP contribution in [0.1, 0.15) is 33.1 Å². The Morgan fingerprint density at radius 2 is 2.15 bits per heavy atom. The molecule has 0 aromatic heterocycles. The van der Waals surface area contributed by atoms with Gasteiger partial charge in [0.25, 0.3) is 0 Å². The Bertz CT molecular complexity index is 314. The standard InChI is InChI=1S/C14H26N2O4/c1-10(2)11(3-4-13(17)18)5-6-16-14(19)12-9-20-8-7-15-12/h10-12,15H,3-9H2,1-2H3,(H,16,19)(H,17,18). The minimum absolute atomic E-state index is 0.0366. The molecular formula is C14H26N2O4. The molecule has 1 aliphatic rings. The molecular weight excluding hydrogens is 260 g/mol. The first-order valence-corrected chi connectivity index (χ1v) is 7.31. The molecule has 0 aromatic rings. The van der Waals surface area contributed by atoms with Crippen molar-refractivity contribution in [2.45, 2.75) is 39.2 Å². The summed E-state index contributed by atoms with van der Waals surface area (Å²) in [5.74, 6) is -0.0574. The zero-order valence-electron chi connectivity index (χ0n) is 12.4. The summed E-state index contributed by atoms with van der Waals surface area (Å²) in [6.45, 7) is 6.52. The van der Waals surface area contributed by atoms with E-state index in [0.29, 0.717) is 44.6 Å². The van der Waals surface area contributed by atoms with Crippen LogP contribution in [0.25, 0.3) is 0 Å². The quantitative estimate of drug-likeness (QED) is 0.609. The Morgan fingerprint density at radius 1 is 1.40 bits per heavy atom. The average molecular weight is 286 g/mol. The summed E-state index contributed by atoms with van der Waals surface area (Å²) in [5.41, 5.74) is 0. The Hall–Kier alpha value is -1.14. The van der Waals surface area contributed by atoms with Crippen LogP contribution in [0.5, 0.6) is 0 Å². The highest BCUT2D eigenvalue weighted by Crippen LogP contribution is 2.20. The Morgan fingerprint density at radius 3 is 2.70 bits per heavy atom. The monoisotopic (exact) mass is 286 g/mol. The summed E-state index contributed by atoms with van der Waals surface area (Å²) in [5, 5.41) is 14.7. The van der Waals surface area contributed by atoms with E-state index in [0.717, 1.165) is 6.42 Å². The van der Waals surface area contributed by atoms with Crippen molar-refractivity contribution in [2.24, 2.45) is 11.8 Å². The van der Waals surface area contributed by atoms with E-state index in [1.807, 2.05) is 0 Å². The van der Waals surface area contributed by atoms with Crippen LogP contribution in [-0.2, 0) is 14.3 Å². The van der Waals surface area contributed by atoms with Crippen LogP contribution < -0.4 is 10.6 Å². The van der Waals surface area contributed by atoms with Crippen molar-refractivity contribution in [3.63, 3.8) is 0 Å². The molecule has 1 amide bonds. The van der Waals surface area contributed by atoms with E-state index in [-0.39, 0.29) is 18.4 Å². The molecule has 1 fully saturated rings. The number of hydrogen-bond acceptors (Lipinski definition) is 4. The Balaban J connectivity index is 2.25. The molecule has 0 spiro atoms. The van der Waals surface area contributed by atoms with Gasteiger partial charge in [0.05, 0.1) is 13.2 Å². The molecule has 0 aromatic carbocycles. The molecule has 6 heteroatoms. The van der Waals surface area contributed by atoms with Crippen molar-refractivity contribution in [2.75, 3.05) is 26.3 Å². The molecule has 6 nitrogen and oxygen atoms in total. The second kappa shape index (κ2) is 8.92. The van der Waals surface area contributed by atoms with Crippen LogP contribution in [0.4, 0.5) is 0 Å². The van der Waals surface area contributed by atoms with Crippen molar-refractivity contribution in [3.05, 3.63) is 0 Å². The molecule has 1 saturated heterocycles. The van der Waals surface area contributed by atoms with E-state index in [1.165, 1.54) is 0 Å². The molecule has 0 saturated carbocycles. The molecule has 2 unspecified atom stereocenters. The lowest BCUT2D eigenvalue weighted by Crippen LogP contribution is -2.51. The number of aliphatic carboxylic acids is 1. The third-order valence-corrected chi connectivity index (χ3v) is 3.72. The molecule has 0 aliphatic carbocycles. The predicted molar refractivity (Wildman–Crippen MR) is 75.4 cm³/mol. The van der Waals surface area contributed by atoms with Crippen molar-refractivity contribution < 1.29 is 19.4 Å². The Kier molecular flexibility index (Phi) is 7.54. The van der Waals surface area contributed by atoms with Crippen LogP contribution in [-0.4, -0.2) is 49.3 Å². The number of carbonyl (C=O) groups is 2. The molecule has 1 rings (SSSR count). The fourth-order valence-electron chi connectivity index (χ4n) is 2.36. The molecule has 20 heavy (non-hydrogen) atoms. The van der Waals surface area contributed by atoms with E-state index >= 15 is 0 Å². The van der Waals surface area contributed by atoms with Crippen LogP contribution in [0.2, 0.25) is 0 Å². The predicted octanol–water partition coefficient (Wildman–Crippen LogP) is 0.618. The van der Waals surface area contributed by atoms with Gasteiger partial charge in [0, 0.05) is 19.5 Å². The summed E-state index contributed by atoms with van der Waals surface area (Å²) in [6, 6.07) is -0.264. The van der Waals surface area contributed by atoms with E-state index in [1.54, 1.807) is 0 Å². The van der Waals surface area contributed by atoms with Crippen molar-refractivity contribution >= 4 is 11.9 Å². The first-order valence-electron chi connectivity index (χ1n) is 7.31. The maximum absolute atomic E-state index is 11.9. The van der Waals surface area contributed by atoms with Gasteiger partial charge in [-0.1, -0.05) is 13.8 Å². The lowest BCUT2D eigenvalue weighted by molar-refractivity contribution is -0.137. The van der Waals surface area contributed by atoms with Crippen molar-refractivity contribution in [1.29, 1.82) is 0 Å². The van der Waals surface area contributed by atoms with E-state index in [4.69, 9.17) is 9.84 Å². The van der Waals surface area contributed by atoms with E-state index < -0.39 is 5.97 Å². The second-order valence-electron chi connectivity index (χ2n) is 5.60. The zero-order chi connectivity index (χ0) is 15.0. The zero-order valence-corrected chi connectivity index (χ0v) is 12.4. The fraction of sp³-hybridized carbons (Fsp3) is 0.857. The summed E-state index contributed by atoms with van der Waals surface area (Å²) in [4.78, 5) is 22.5. The third kappa shape index (κ3) is 6.34. The first-order chi connectivity index (χ1) is 9.50. The van der Waals surface area contributed by atoms with Gasteiger partial charge in [-0.2, -0.15) is 0 Å². The number of carboxylic acid groups (broad SMARTS) is 1. The topological polar surface area (TPSA) is 87.7 Å². The van der Waals surface area contributed by atoms with Gasteiger partial charge >= 0.3 is 5.97 Å². The number of amides is 1. The lowest BCUT2D eigenvalue weighted by Gasteiger charge is -2.24. The highest BCUT2D eigenvalue weighted by Gasteiger charge is 2.21. The number of morpholine rings is 1. The number of nitrogens with one attached hydrogen (secondary N) is 2. The summed E-state index contributed by atoms with van der Waals surface area (Å²) < 4.78 is 5.25. The van der Waals surface area contributed by atoms with Crippen LogP contribution in [0.15, 0.2) is 0 Å². The number of carboxylic acids is 1. The number of hydrogen-bond donors (Lipinski definition) is 3. The number of carbonyl (C=O) groups excluding carboxylic acids is 1. The molecule has 0 bridgehead atoms. The highest BCUT2D eigenvalue weighted by atomic mass is 16.5. The van der Waals surface area contributed by atoms with Crippen molar-refractivity contribution in [1.82, 2.24) is 10.6 Å². The molecule has 0 radical (unpaired) electrons. The largest absolute Gasteiger partial charge is 0.481 e. The molecule has 2 atom stereocenters. The van der Waals surface area contributed by atoms with Crippen LogP contribution in [0.3, 0.4) is 0 Å². The third-order valence-electron chi connectivity index (χ3n) is 3.72. The molecule has 1 aliphatic heterocycles. The first kappa shape index (κ1) is 16.9. The minimum atomic E-state index is -0.761. The van der Waals surface area contributed by atoms with Gasteiger partial charge in [-0.25, -0.2) is 0 Å². The average Bonchev–Trinajstić information content (AvgIpc) is 2.42. The fourth-order valence-corrected chi connectivity index (χ4v) is 2.36. The van der Waals surface area contributed by atoms with Gasteiger partial charge in [-0.15, -0.1) is 0 Å². The molecule has 116 valence electrons. The maximum Gasteiger partial charge on any atom is 0.303 e. The van der Waals surface area contributed by atoms with Crippen molar-refractivity contribution in [3.8, 4) is 0 Å². The lowest BCUT2D eigenvalue weighted by atomic mass is 9.88. The van der Waals surface area contributed by atoms with Gasteiger partial charge in [-0.3, -0.25) is 9.59 Å². The van der Waals surface area contributed by atoms with Gasteiger partial charge in [0.15, 0.2) is 0 Å². The maximum atomic E-state index is 11.9. The minimum Gasteiger partial charge on any atom is -0.481 e. The van der Waals surface area contributed by atoms with Gasteiger partial charge < -0.3 is 20.5 Å². The summed E-state index contributed by atoms with van der Waals surface area (Å²) in [7, 11) is 0. The SMILES string of the molecule is CC(C)C(CCNC(=O)C1COCCN1)CCC(=O)O. The molecule has 1 heterocycles. The second-order valence-corrected chi connectivity index (χ2v) is 5.60. The smallest absolute Gasteiger partial charge is 0.303 e. The van der Waals surface area contributed by atoms with E-state index in [9.17, 15) is 9.59 Å². The van der Waals surface area contributed by atoms with Gasteiger partial charge in [-0.05, 0) is 24.7 Å². The number of rotatable bonds is 8. The Labute approximate surface area is 120 Å². The van der Waals surface area contributed by atoms with Crippen LogP contribution in [0, 0.1) is 11.8 Å². The van der Waals surface area contributed by atoms with Crippen LogP contribution >= 0.6 is 0 Å².